The van der Waals surface area contributed by atoms with E-state index in [1.807, 2.05) is 13.8 Å². The van der Waals surface area contributed by atoms with Gasteiger partial charge in [-0.05, 0) is 99.5 Å². The SMILES string of the molecule is CC.Cc1cnc2c(c1)CCc1cc(C)cc(Br)c1[C@H]2C1CCN(C)CC1. The van der Waals surface area contributed by atoms with Crippen molar-refractivity contribution in [1.29, 1.82) is 0 Å². The molecule has 2 aromatic rings. The van der Waals surface area contributed by atoms with Crippen molar-refractivity contribution in [2.24, 2.45) is 5.92 Å². The number of aromatic nitrogens is 1. The number of halogens is 1. The van der Waals surface area contributed by atoms with Crippen LogP contribution in [0.2, 0.25) is 0 Å². The third kappa shape index (κ3) is 4.30. The van der Waals surface area contributed by atoms with Crippen LogP contribution in [0, 0.1) is 19.8 Å². The van der Waals surface area contributed by atoms with Crippen LogP contribution in [0.5, 0.6) is 0 Å². The summed E-state index contributed by atoms with van der Waals surface area (Å²) in [6.07, 6.45) is 6.81. The molecule has 0 saturated carbocycles. The maximum atomic E-state index is 4.98. The van der Waals surface area contributed by atoms with E-state index in [4.69, 9.17) is 4.98 Å². The van der Waals surface area contributed by atoms with Gasteiger partial charge < -0.3 is 4.90 Å². The molecule has 2 aliphatic rings. The van der Waals surface area contributed by atoms with Gasteiger partial charge in [-0.25, -0.2) is 0 Å². The number of piperidine rings is 1. The Hall–Kier alpha value is -1.19. The van der Waals surface area contributed by atoms with Gasteiger partial charge in [-0.1, -0.05) is 41.9 Å². The first-order chi connectivity index (χ1) is 13.0. The Labute approximate surface area is 173 Å². The van der Waals surface area contributed by atoms with Crippen LogP contribution in [0.15, 0.2) is 28.9 Å². The average molecular weight is 429 g/mol. The minimum atomic E-state index is 0.428. The van der Waals surface area contributed by atoms with Gasteiger partial charge in [0.15, 0.2) is 0 Å². The largest absolute Gasteiger partial charge is 0.306 e. The highest BCUT2D eigenvalue weighted by atomic mass is 79.9. The molecule has 0 radical (unpaired) electrons. The molecule has 146 valence electrons. The number of hydrogen-bond donors (Lipinski definition) is 0. The fraction of sp³-hybridized carbons (Fsp3) is 0.542. The van der Waals surface area contributed by atoms with Crippen molar-refractivity contribution in [3.63, 3.8) is 0 Å². The maximum Gasteiger partial charge on any atom is 0.0513 e. The molecule has 4 rings (SSSR count). The summed E-state index contributed by atoms with van der Waals surface area (Å²) in [7, 11) is 2.24. The second kappa shape index (κ2) is 8.87. The molecule has 1 aromatic heterocycles. The molecule has 2 nitrogen and oxygen atoms in total. The molecule has 2 heterocycles. The van der Waals surface area contributed by atoms with Crippen molar-refractivity contribution in [2.45, 2.75) is 59.3 Å². The van der Waals surface area contributed by atoms with Gasteiger partial charge in [0.05, 0.1) is 5.69 Å². The summed E-state index contributed by atoms with van der Waals surface area (Å²) in [6.45, 7) is 10.8. The summed E-state index contributed by atoms with van der Waals surface area (Å²) >= 11 is 3.91. The first kappa shape index (κ1) is 20.5. The van der Waals surface area contributed by atoms with Gasteiger partial charge >= 0.3 is 0 Å². The van der Waals surface area contributed by atoms with Crippen LogP contribution in [-0.4, -0.2) is 30.0 Å². The molecule has 3 heteroatoms. The number of fused-ring (bicyclic) bond motifs is 2. The van der Waals surface area contributed by atoms with Crippen LogP contribution in [0.3, 0.4) is 0 Å². The zero-order valence-corrected chi connectivity index (χ0v) is 19.1. The van der Waals surface area contributed by atoms with Crippen molar-refractivity contribution in [3.05, 3.63) is 62.4 Å². The smallest absolute Gasteiger partial charge is 0.0513 e. The predicted octanol–water partition coefficient (Wildman–Crippen LogP) is 6.06. The molecule has 1 fully saturated rings. The van der Waals surface area contributed by atoms with Crippen molar-refractivity contribution in [1.82, 2.24) is 9.88 Å². The van der Waals surface area contributed by atoms with Gasteiger partial charge in [0, 0.05) is 16.6 Å². The Bertz CT molecular complexity index is 791. The van der Waals surface area contributed by atoms with Crippen molar-refractivity contribution in [3.8, 4) is 0 Å². The third-order valence-corrected chi connectivity index (χ3v) is 6.66. The van der Waals surface area contributed by atoms with Crippen LogP contribution < -0.4 is 0 Å². The Morgan fingerprint density at radius 3 is 2.30 bits per heavy atom. The molecule has 0 amide bonds. The van der Waals surface area contributed by atoms with Gasteiger partial charge in [-0.2, -0.15) is 0 Å². The second-order valence-electron chi connectivity index (χ2n) is 7.99. The molecule has 1 atom stereocenters. The maximum absolute atomic E-state index is 4.98. The number of rotatable bonds is 1. The molecule has 1 aliphatic carbocycles. The van der Waals surface area contributed by atoms with Gasteiger partial charge in [-0.3, -0.25) is 4.98 Å². The topological polar surface area (TPSA) is 16.1 Å². The van der Waals surface area contributed by atoms with E-state index in [9.17, 15) is 0 Å². The van der Waals surface area contributed by atoms with Gasteiger partial charge in [0.25, 0.3) is 0 Å². The first-order valence-electron chi connectivity index (χ1n) is 10.5. The summed E-state index contributed by atoms with van der Waals surface area (Å²) in [5, 5.41) is 0. The first-order valence-corrected chi connectivity index (χ1v) is 11.2. The average Bonchev–Trinajstić information content (AvgIpc) is 2.81. The number of nitrogens with zero attached hydrogens (tertiary/aromatic N) is 2. The van der Waals surface area contributed by atoms with E-state index < -0.39 is 0 Å². The van der Waals surface area contributed by atoms with E-state index in [1.54, 1.807) is 0 Å². The summed E-state index contributed by atoms with van der Waals surface area (Å²) in [5.41, 5.74) is 8.46. The van der Waals surface area contributed by atoms with Crippen LogP contribution in [0.4, 0.5) is 0 Å². The normalized spacial score (nSPS) is 20.1. The number of hydrogen-bond acceptors (Lipinski definition) is 2. The summed E-state index contributed by atoms with van der Waals surface area (Å²) in [6, 6.07) is 7.07. The van der Waals surface area contributed by atoms with E-state index >= 15 is 0 Å². The Balaban J connectivity index is 0.00000102. The molecule has 27 heavy (non-hydrogen) atoms. The van der Waals surface area contributed by atoms with Crippen molar-refractivity contribution < 1.29 is 0 Å². The van der Waals surface area contributed by atoms with Gasteiger partial charge in [-0.15, -0.1) is 0 Å². The molecular weight excluding hydrogens is 396 g/mol. The van der Waals surface area contributed by atoms with E-state index in [1.165, 1.54) is 63.9 Å². The molecule has 1 saturated heterocycles. The monoisotopic (exact) mass is 428 g/mol. The minimum absolute atomic E-state index is 0.428. The lowest BCUT2D eigenvalue weighted by atomic mass is 9.76. The molecule has 0 spiro atoms. The molecule has 0 bridgehead atoms. The molecule has 1 aromatic carbocycles. The van der Waals surface area contributed by atoms with E-state index in [-0.39, 0.29) is 0 Å². The van der Waals surface area contributed by atoms with Crippen LogP contribution >= 0.6 is 15.9 Å². The fourth-order valence-corrected chi connectivity index (χ4v) is 5.59. The third-order valence-electron chi connectivity index (χ3n) is 6.00. The number of likely N-dealkylation sites (tertiary alicyclic amines) is 1. The number of aryl methyl sites for hydroxylation is 4. The highest BCUT2D eigenvalue weighted by molar-refractivity contribution is 9.10. The number of benzene rings is 1. The predicted molar refractivity (Wildman–Crippen MR) is 119 cm³/mol. The van der Waals surface area contributed by atoms with Crippen LogP contribution in [0.25, 0.3) is 0 Å². The van der Waals surface area contributed by atoms with E-state index in [0.717, 1.165) is 12.8 Å². The van der Waals surface area contributed by atoms with E-state index in [0.29, 0.717) is 11.8 Å². The highest BCUT2D eigenvalue weighted by Gasteiger charge is 2.34. The zero-order chi connectivity index (χ0) is 19.6. The summed E-state index contributed by atoms with van der Waals surface area (Å²) < 4.78 is 1.28. The Morgan fingerprint density at radius 2 is 1.59 bits per heavy atom. The van der Waals surface area contributed by atoms with Gasteiger partial charge in [0.2, 0.25) is 0 Å². The Morgan fingerprint density at radius 1 is 0.963 bits per heavy atom. The quantitative estimate of drug-likeness (QED) is 0.548. The van der Waals surface area contributed by atoms with E-state index in [2.05, 4.69) is 66.1 Å². The standard InChI is InChI=1S/C22H27BrN2.C2H6/c1-14-10-17-4-5-18-11-15(2)13-24-22(18)21(20(17)19(23)12-14)16-6-8-25(3)9-7-16;1-2/h10-13,16,21H,4-9H2,1-3H3;1-2H3/t21-;/m1./s1. The fourth-order valence-electron chi connectivity index (χ4n) is 4.73. The van der Waals surface area contributed by atoms with Crippen LogP contribution in [-0.2, 0) is 12.8 Å². The highest BCUT2D eigenvalue weighted by Crippen LogP contribution is 2.45. The molecule has 1 aliphatic heterocycles. The molecule has 0 N–H and O–H groups in total. The van der Waals surface area contributed by atoms with Crippen molar-refractivity contribution >= 4 is 15.9 Å². The zero-order valence-electron chi connectivity index (χ0n) is 17.5. The lowest BCUT2D eigenvalue weighted by Crippen LogP contribution is -2.33. The second-order valence-corrected chi connectivity index (χ2v) is 8.85. The number of pyridine rings is 1. The molecule has 0 unspecified atom stereocenters. The van der Waals surface area contributed by atoms with Gasteiger partial charge in [0.1, 0.15) is 0 Å². The lowest BCUT2D eigenvalue weighted by molar-refractivity contribution is 0.206. The summed E-state index contributed by atoms with van der Waals surface area (Å²) in [5.74, 6) is 1.11. The van der Waals surface area contributed by atoms with Crippen molar-refractivity contribution in [2.75, 3.05) is 20.1 Å². The Kier molecular flexibility index (Phi) is 6.75. The van der Waals surface area contributed by atoms with Crippen LogP contribution in [0.1, 0.15) is 66.1 Å². The molecular formula is C24H33BrN2. The summed E-state index contributed by atoms with van der Waals surface area (Å²) in [4.78, 5) is 7.44. The lowest BCUT2D eigenvalue weighted by Gasteiger charge is -2.35. The minimum Gasteiger partial charge on any atom is -0.306 e.